The molecule has 0 aliphatic carbocycles. The van der Waals surface area contributed by atoms with Gasteiger partial charge in [0.15, 0.2) is 11.6 Å². The van der Waals surface area contributed by atoms with E-state index in [0.717, 1.165) is 28.1 Å². The van der Waals surface area contributed by atoms with Crippen LogP contribution in [-0.2, 0) is 6.54 Å². The Bertz CT molecular complexity index is 641. The summed E-state index contributed by atoms with van der Waals surface area (Å²) in [5.74, 6) is 0.780. The predicted octanol–water partition coefficient (Wildman–Crippen LogP) is 4.07. The Morgan fingerprint density at radius 1 is 1.05 bits per heavy atom. The van der Waals surface area contributed by atoms with Crippen molar-refractivity contribution in [1.29, 1.82) is 0 Å². The summed E-state index contributed by atoms with van der Waals surface area (Å²) < 4.78 is 24.0. The fourth-order valence-corrected chi connectivity index (χ4v) is 2.35. The van der Waals surface area contributed by atoms with E-state index in [9.17, 15) is 4.39 Å². The molecule has 21 heavy (non-hydrogen) atoms. The highest BCUT2D eigenvalue weighted by molar-refractivity contribution is 5.59. The minimum absolute atomic E-state index is 0.256. The maximum atomic E-state index is 13.7. The first kappa shape index (κ1) is 15.2. The van der Waals surface area contributed by atoms with E-state index in [2.05, 4.69) is 5.32 Å². The van der Waals surface area contributed by atoms with Crippen LogP contribution in [0.5, 0.6) is 11.5 Å². The fraction of sp³-hybridized carbons (Fsp3) is 0.294. The molecule has 0 saturated carbocycles. The zero-order valence-corrected chi connectivity index (χ0v) is 12.8. The van der Waals surface area contributed by atoms with Gasteiger partial charge in [0.25, 0.3) is 0 Å². The molecule has 0 bridgehead atoms. The Morgan fingerprint density at radius 2 is 1.81 bits per heavy atom. The quantitative estimate of drug-likeness (QED) is 0.900. The maximum absolute atomic E-state index is 13.7. The van der Waals surface area contributed by atoms with Crippen molar-refractivity contribution < 1.29 is 13.9 Å². The van der Waals surface area contributed by atoms with Crippen LogP contribution in [0.1, 0.15) is 16.7 Å². The number of benzene rings is 2. The molecule has 0 amide bonds. The second kappa shape index (κ2) is 6.48. The van der Waals surface area contributed by atoms with E-state index in [1.807, 2.05) is 32.0 Å². The number of halogens is 1. The van der Waals surface area contributed by atoms with E-state index in [-0.39, 0.29) is 11.6 Å². The molecule has 0 heterocycles. The molecule has 3 nitrogen and oxygen atoms in total. The van der Waals surface area contributed by atoms with E-state index in [4.69, 9.17) is 9.47 Å². The summed E-state index contributed by atoms with van der Waals surface area (Å²) >= 11 is 0. The monoisotopic (exact) mass is 289 g/mol. The van der Waals surface area contributed by atoms with E-state index in [1.165, 1.54) is 13.2 Å². The standard InChI is InChI=1S/C17H20FNO2/c1-11-5-7-15(12(2)17(11)21-4)19-10-13-6-8-16(20-3)14(18)9-13/h5-9,19H,10H2,1-4H3. The molecular weight excluding hydrogens is 269 g/mol. The lowest BCUT2D eigenvalue weighted by Gasteiger charge is -2.15. The summed E-state index contributed by atoms with van der Waals surface area (Å²) in [5.41, 5.74) is 3.98. The summed E-state index contributed by atoms with van der Waals surface area (Å²) in [5, 5.41) is 3.31. The van der Waals surface area contributed by atoms with Crippen LogP contribution >= 0.6 is 0 Å². The van der Waals surface area contributed by atoms with Crippen LogP contribution in [0.4, 0.5) is 10.1 Å². The first-order valence-corrected chi connectivity index (χ1v) is 6.77. The molecule has 0 atom stereocenters. The summed E-state index contributed by atoms with van der Waals surface area (Å²) in [6.07, 6.45) is 0. The predicted molar refractivity (Wildman–Crippen MR) is 82.7 cm³/mol. The van der Waals surface area contributed by atoms with Gasteiger partial charge in [0.05, 0.1) is 14.2 Å². The van der Waals surface area contributed by atoms with E-state index in [0.29, 0.717) is 6.54 Å². The van der Waals surface area contributed by atoms with E-state index >= 15 is 0 Å². The smallest absolute Gasteiger partial charge is 0.165 e. The third kappa shape index (κ3) is 3.27. The molecule has 1 N–H and O–H groups in total. The number of rotatable bonds is 5. The molecule has 0 unspecified atom stereocenters. The molecule has 0 fully saturated rings. The molecule has 0 aromatic heterocycles. The van der Waals surface area contributed by atoms with Crippen LogP contribution in [-0.4, -0.2) is 14.2 Å². The highest BCUT2D eigenvalue weighted by Crippen LogP contribution is 2.29. The van der Waals surface area contributed by atoms with Crippen LogP contribution in [0.25, 0.3) is 0 Å². The molecule has 2 rings (SSSR count). The van der Waals surface area contributed by atoms with Crippen LogP contribution < -0.4 is 14.8 Å². The molecule has 0 aliphatic heterocycles. The Morgan fingerprint density at radius 3 is 2.43 bits per heavy atom. The highest BCUT2D eigenvalue weighted by Gasteiger charge is 2.08. The van der Waals surface area contributed by atoms with Gasteiger partial charge in [0.2, 0.25) is 0 Å². The van der Waals surface area contributed by atoms with Gasteiger partial charge in [-0.05, 0) is 43.2 Å². The summed E-state index contributed by atoms with van der Waals surface area (Å²) in [6.45, 7) is 4.55. The lowest BCUT2D eigenvalue weighted by Crippen LogP contribution is -2.03. The molecule has 0 saturated heterocycles. The second-order valence-electron chi connectivity index (χ2n) is 4.91. The van der Waals surface area contributed by atoms with Gasteiger partial charge >= 0.3 is 0 Å². The Hall–Kier alpha value is -2.23. The first-order chi connectivity index (χ1) is 10.1. The highest BCUT2D eigenvalue weighted by atomic mass is 19.1. The average Bonchev–Trinajstić information content (AvgIpc) is 2.47. The molecule has 4 heteroatoms. The van der Waals surface area contributed by atoms with Gasteiger partial charge in [0.1, 0.15) is 5.75 Å². The van der Waals surface area contributed by atoms with Crippen molar-refractivity contribution in [2.24, 2.45) is 0 Å². The van der Waals surface area contributed by atoms with Crippen LogP contribution in [0.2, 0.25) is 0 Å². The Balaban J connectivity index is 2.15. The van der Waals surface area contributed by atoms with Gasteiger partial charge in [0, 0.05) is 17.8 Å². The van der Waals surface area contributed by atoms with Gasteiger partial charge in [-0.15, -0.1) is 0 Å². The third-order valence-electron chi connectivity index (χ3n) is 3.51. The Kier molecular flexibility index (Phi) is 4.68. The number of anilines is 1. The number of methoxy groups -OCH3 is 2. The molecular formula is C17H20FNO2. The molecule has 0 spiro atoms. The van der Waals surface area contributed by atoms with Crippen molar-refractivity contribution in [2.45, 2.75) is 20.4 Å². The lowest BCUT2D eigenvalue weighted by molar-refractivity contribution is 0.386. The first-order valence-electron chi connectivity index (χ1n) is 6.77. The van der Waals surface area contributed by atoms with Crippen molar-refractivity contribution in [1.82, 2.24) is 0 Å². The molecule has 0 radical (unpaired) electrons. The topological polar surface area (TPSA) is 30.5 Å². The van der Waals surface area contributed by atoms with Gasteiger partial charge < -0.3 is 14.8 Å². The minimum Gasteiger partial charge on any atom is -0.496 e. The van der Waals surface area contributed by atoms with Crippen molar-refractivity contribution in [3.05, 3.63) is 52.8 Å². The van der Waals surface area contributed by atoms with Gasteiger partial charge in [-0.2, -0.15) is 0 Å². The molecule has 0 aliphatic rings. The zero-order valence-electron chi connectivity index (χ0n) is 12.8. The summed E-state index contributed by atoms with van der Waals surface area (Å²) in [4.78, 5) is 0. The largest absolute Gasteiger partial charge is 0.496 e. The summed E-state index contributed by atoms with van der Waals surface area (Å²) in [6, 6.07) is 8.97. The zero-order chi connectivity index (χ0) is 15.4. The molecule has 2 aromatic rings. The number of hydrogen-bond acceptors (Lipinski definition) is 3. The van der Waals surface area contributed by atoms with Gasteiger partial charge in [-0.25, -0.2) is 4.39 Å². The SMILES string of the molecule is COc1ccc(CNc2ccc(C)c(OC)c2C)cc1F. The number of nitrogens with one attached hydrogen (secondary N) is 1. The van der Waals surface area contributed by atoms with Crippen molar-refractivity contribution in [3.63, 3.8) is 0 Å². The van der Waals surface area contributed by atoms with Gasteiger partial charge in [-0.3, -0.25) is 0 Å². The van der Waals surface area contributed by atoms with Crippen molar-refractivity contribution >= 4 is 5.69 Å². The van der Waals surface area contributed by atoms with E-state index < -0.39 is 0 Å². The van der Waals surface area contributed by atoms with Gasteiger partial charge in [-0.1, -0.05) is 12.1 Å². The Labute approximate surface area is 124 Å². The average molecular weight is 289 g/mol. The number of hydrogen-bond donors (Lipinski definition) is 1. The minimum atomic E-state index is -0.352. The van der Waals surface area contributed by atoms with Crippen LogP contribution in [0, 0.1) is 19.7 Å². The molecule has 112 valence electrons. The number of aryl methyl sites for hydroxylation is 1. The summed E-state index contributed by atoms with van der Waals surface area (Å²) in [7, 11) is 3.12. The maximum Gasteiger partial charge on any atom is 0.165 e. The lowest BCUT2D eigenvalue weighted by atomic mass is 10.1. The molecule has 2 aromatic carbocycles. The van der Waals surface area contributed by atoms with Crippen LogP contribution in [0.15, 0.2) is 30.3 Å². The fourth-order valence-electron chi connectivity index (χ4n) is 2.35. The number of ether oxygens (including phenoxy) is 2. The normalized spacial score (nSPS) is 10.3. The van der Waals surface area contributed by atoms with Crippen molar-refractivity contribution in [3.8, 4) is 11.5 Å². The van der Waals surface area contributed by atoms with Crippen LogP contribution in [0.3, 0.4) is 0 Å². The van der Waals surface area contributed by atoms with Crippen molar-refractivity contribution in [2.75, 3.05) is 19.5 Å². The second-order valence-corrected chi connectivity index (χ2v) is 4.91. The third-order valence-corrected chi connectivity index (χ3v) is 3.51. The van der Waals surface area contributed by atoms with E-state index in [1.54, 1.807) is 13.2 Å².